The number of nitrogens with zero attached hydrogens (tertiary/aromatic N) is 2. The van der Waals surface area contributed by atoms with Gasteiger partial charge in [0.1, 0.15) is 5.75 Å². The monoisotopic (exact) mass is 397 g/mol. The SMILES string of the molecule is CC(NC(=O)COc1ccccc1-c1ccccc1)c1ccc(-n2ccnc2)cc1. The van der Waals surface area contributed by atoms with Gasteiger partial charge in [-0.2, -0.15) is 0 Å². The van der Waals surface area contributed by atoms with Crippen LogP contribution in [0.3, 0.4) is 0 Å². The third-order valence-electron chi connectivity index (χ3n) is 4.90. The molecule has 5 nitrogen and oxygen atoms in total. The quantitative estimate of drug-likeness (QED) is 0.488. The van der Waals surface area contributed by atoms with Crippen LogP contribution in [0, 0.1) is 0 Å². The Morgan fingerprint density at radius 2 is 1.73 bits per heavy atom. The highest BCUT2D eigenvalue weighted by molar-refractivity contribution is 5.78. The van der Waals surface area contributed by atoms with Crippen LogP contribution in [0.5, 0.6) is 5.75 Å². The molecule has 0 fully saturated rings. The molecule has 3 aromatic carbocycles. The lowest BCUT2D eigenvalue weighted by atomic mass is 10.1. The number of ether oxygens (including phenoxy) is 1. The molecule has 1 unspecified atom stereocenters. The average Bonchev–Trinajstić information content (AvgIpc) is 3.34. The van der Waals surface area contributed by atoms with Crippen LogP contribution in [0.25, 0.3) is 16.8 Å². The first-order valence-corrected chi connectivity index (χ1v) is 9.85. The van der Waals surface area contributed by atoms with Crippen molar-refractivity contribution in [2.24, 2.45) is 0 Å². The molecule has 4 rings (SSSR count). The maximum absolute atomic E-state index is 12.5. The van der Waals surface area contributed by atoms with Crippen molar-refractivity contribution in [3.8, 4) is 22.6 Å². The minimum absolute atomic E-state index is 0.0404. The second kappa shape index (κ2) is 9.09. The summed E-state index contributed by atoms with van der Waals surface area (Å²) in [4.78, 5) is 16.5. The van der Waals surface area contributed by atoms with Gasteiger partial charge >= 0.3 is 0 Å². The number of rotatable bonds is 7. The highest BCUT2D eigenvalue weighted by atomic mass is 16.5. The van der Waals surface area contributed by atoms with Crippen molar-refractivity contribution in [2.45, 2.75) is 13.0 Å². The lowest BCUT2D eigenvalue weighted by molar-refractivity contribution is -0.123. The predicted molar refractivity (Wildman–Crippen MR) is 117 cm³/mol. The fourth-order valence-corrected chi connectivity index (χ4v) is 3.31. The first kappa shape index (κ1) is 19.5. The molecule has 0 saturated heterocycles. The smallest absolute Gasteiger partial charge is 0.258 e. The lowest BCUT2D eigenvalue weighted by Crippen LogP contribution is -2.31. The highest BCUT2D eigenvalue weighted by Crippen LogP contribution is 2.29. The largest absolute Gasteiger partial charge is 0.483 e. The molecule has 1 amide bonds. The summed E-state index contributed by atoms with van der Waals surface area (Å²) >= 11 is 0. The Bertz CT molecular complexity index is 1090. The third kappa shape index (κ3) is 4.58. The summed E-state index contributed by atoms with van der Waals surface area (Å²) in [6.07, 6.45) is 5.39. The van der Waals surface area contributed by atoms with E-state index in [1.165, 1.54) is 0 Å². The van der Waals surface area contributed by atoms with Gasteiger partial charge in [-0.3, -0.25) is 4.79 Å². The van der Waals surface area contributed by atoms with Crippen LogP contribution in [-0.2, 0) is 4.79 Å². The first-order valence-electron chi connectivity index (χ1n) is 9.85. The van der Waals surface area contributed by atoms with Gasteiger partial charge in [-0.25, -0.2) is 4.98 Å². The molecule has 5 heteroatoms. The van der Waals surface area contributed by atoms with Crippen molar-refractivity contribution >= 4 is 5.91 Å². The molecule has 0 bridgehead atoms. The van der Waals surface area contributed by atoms with Crippen LogP contribution in [-0.4, -0.2) is 22.1 Å². The Balaban J connectivity index is 1.36. The van der Waals surface area contributed by atoms with E-state index in [2.05, 4.69) is 10.3 Å². The van der Waals surface area contributed by atoms with Crippen molar-refractivity contribution < 1.29 is 9.53 Å². The molecule has 1 atom stereocenters. The zero-order valence-electron chi connectivity index (χ0n) is 16.7. The second-order valence-electron chi connectivity index (χ2n) is 7.00. The minimum atomic E-state index is -0.163. The predicted octanol–water partition coefficient (Wildman–Crippen LogP) is 4.80. The molecule has 0 aliphatic carbocycles. The van der Waals surface area contributed by atoms with E-state index in [4.69, 9.17) is 4.74 Å². The van der Waals surface area contributed by atoms with E-state index in [9.17, 15) is 4.79 Å². The van der Waals surface area contributed by atoms with Crippen molar-refractivity contribution in [3.05, 3.63) is 103 Å². The average molecular weight is 397 g/mol. The Hall–Kier alpha value is -3.86. The summed E-state index contributed by atoms with van der Waals surface area (Å²) in [5.74, 6) is 0.528. The first-order chi connectivity index (χ1) is 14.7. The number of imidazole rings is 1. The maximum atomic E-state index is 12.5. The van der Waals surface area contributed by atoms with Crippen LogP contribution in [0.15, 0.2) is 97.6 Å². The zero-order chi connectivity index (χ0) is 20.8. The molecular formula is C25H23N3O2. The molecule has 0 spiro atoms. The molecule has 1 N–H and O–H groups in total. The normalized spacial score (nSPS) is 11.6. The summed E-state index contributed by atoms with van der Waals surface area (Å²) in [5, 5.41) is 3.00. The van der Waals surface area contributed by atoms with Crippen molar-refractivity contribution in [1.82, 2.24) is 14.9 Å². The van der Waals surface area contributed by atoms with Crippen LogP contribution in [0.2, 0.25) is 0 Å². The van der Waals surface area contributed by atoms with Gasteiger partial charge in [-0.1, -0.05) is 60.7 Å². The van der Waals surface area contributed by atoms with Gasteiger partial charge in [0, 0.05) is 23.6 Å². The molecule has 1 aromatic heterocycles. The van der Waals surface area contributed by atoms with Crippen LogP contribution >= 0.6 is 0 Å². The molecule has 1 heterocycles. The van der Waals surface area contributed by atoms with Gasteiger partial charge in [-0.05, 0) is 36.2 Å². The van der Waals surface area contributed by atoms with Crippen molar-refractivity contribution in [2.75, 3.05) is 6.61 Å². The summed E-state index contributed by atoms with van der Waals surface area (Å²) in [5.41, 5.74) is 4.07. The Morgan fingerprint density at radius 3 is 2.47 bits per heavy atom. The molecular weight excluding hydrogens is 374 g/mol. The summed E-state index contributed by atoms with van der Waals surface area (Å²) in [6, 6.07) is 25.6. The lowest BCUT2D eigenvalue weighted by Gasteiger charge is -2.16. The maximum Gasteiger partial charge on any atom is 0.258 e. The fraction of sp³-hybridized carbons (Fsp3) is 0.120. The molecule has 0 aliphatic rings. The number of carbonyl (C=O) groups excluding carboxylic acids is 1. The highest BCUT2D eigenvalue weighted by Gasteiger charge is 2.12. The second-order valence-corrected chi connectivity index (χ2v) is 7.00. The molecule has 30 heavy (non-hydrogen) atoms. The van der Waals surface area contributed by atoms with Gasteiger partial charge in [0.2, 0.25) is 0 Å². The summed E-state index contributed by atoms with van der Waals surface area (Å²) in [7, 11) is 0. The fourth-order valence-electron chi connectivity index (χ4n) is 3.31. The third-order valence-corrected chi connectivity index (χ3v) is 4.90. The minimum Gasteiger partial charge on any atom is -0.483 e. The van der Waals surface area contributed by atoms with Crippen LogP contribution in [0.4, 0.5) is 0 Å². The van der Waals surface area contributed by atoms with Crippen LogP contribution in [0.1, 0.15) is 18.5 Å². The van der Waals surface area contributed by atoms with E-state index in [1.54, 1.807) is 12.5 Å². The van der Waals surface area contributed by atoms with E-state index in [-0.39, 0.29) is 18.6 Å². The number of para-hydroxylation sites is 1. The van der Waals surface area contributed by atoms with Gasteiger partial charge in [-0.15, -0.1) is 0 Å². The van der Waals surface area contributed by atoms with Crippen molar-refractivity contribution in [1.29, 1.82) is 0 Å². The Morgan fingerprint density at radius 1 is 1.00 bits per heavy atom. The van der Waals surface area contributed by atoms with Crippen molar-refractivity contribution in [3.63, 3.8) is 0 Å². The number of carbonyl (C=O) groups is 1. The molecule has 0 saturated carbocycles. The standard InChI is InChI=1S/C25H23N3O2/c1-19(20-11-13-22(14-12-20)28-16-15-26-18-28)27-25(29)17-30-24-10-6-5-9-23(24)21-7-3-2-4-8-21/h2-16,18-19H,17H2,1H3,(H,27,29). The number of hydrogen-bond acceptors (Lipinski definition) is 3. The number of amides is 1. The summed E-state index contributed by atoms with van der Waals surface area (Å²) in [6.45, 7) is 1.92. The van der Waals surface area contributed by atoms with Gasteiger partial charge in [0.05, 0.1) is 12.4 Å². The molecule has 0 radical (unpaired) electrons. The number of aromatic nitrogens is 2. The van der Waals surface area contributed by atoms with E-state index in [1.807, 2.05) is 96.6 Å². The van der Waals surface area contributed by atoms with E-state index >= 15 is 0 Å². The molecule has 4 aromatic rings. The van der Waals surface area contributed by atoms with E-state index in [0.29, 0.717) is 5.75 Å². The van der Waals surface area contributed by atoms with Gasteiger partial charge in [0.15, 0.2) is 6.61 Å². The van der Waals surface area contributed by atoms with Crippen LogP contribution < -0.4 is 10.1 Å². The molecule has 0 aliphatic heterocycles. The number of hydrogen-bond donors (Lipinski definition) is 1. The van der Waals surface area contributed by atoms with Gasteiger partial charge < -0.3 is 14.6 Å². The molecule has 150 valence electrons. The number of benzene rings is 3. The Kier molecular flexibility index (Phi) is 5.90. The topological polar surface area (TPSA) is 56.1 Å². The van der Waals surface area contributed by atoms with E-state index in [0.717, 1.165) is 22.4 Å². The summed E-state index contributed by atoms with van der Waals surface area (Å²) < 4.78 is 7.77. The number of nitrogens with one attached hydrogen (secondary N) is 1. The Labute approximate surface area is 176 Å². The van der Waals surface area contributed by atoms with E-state index < -0.39 is 0 Å². The zero-order valence-corrected chi connectivity index (χ0v) is 16.7. The van der Waals surface area contributed by atoms with Gasteiger partial charge in [0.25, 0.3) is 5.91 Å².